The maximum Gasteiger partial charge on any atom is 0.244 e. The molecule has 0 aromatic carbocycles. The van der Waals surface area contributed by atoms with E-state index in [0.717, 1.165) is 13.1 Å². The minimum atomic E-state index is 0.180. The molecule has 0 aliphatic carbocycles. The summed E-state index contributed by atoms with van der Waals surface area (Å²) < 4.78 is 4.51. The summed E-state index contributed by atoms with van der Waals surface area (Å²) in [4.78, 5) is 0. The van der Waals surface area contributed by atoms with Gasteiger partial charge < -0.3 is 5.32 Å². The molecule has 0 atom stereocenters. The van der Waals surface area contributed by atoms with E-state index in [1.54, 1.807) is 0 Å². The van der Waals surface area contributed by atoms with E-state index in [4.69, 9.17) is 0 Å². The number of rotatable bonds is 3. The van der Waals surface area contributed by atoms with Gasteiger partial charge in [0.2, 0.25) is 6.33 Å². The number of imidazole rings is 1. The van der Waals surface area contributed by atoms with Crippen molar-refractivity contribution in [3.8, 4) is 0 Å². The van der Waals surface area contributed by atoms with Crippen LogP contribution < -0.4 is 9.88 Å². The van der Waals surface area contributed by atoms with E-state index in [9.17, 15) is 0 Å². The van der Waals surface area contributed by atoms with Crippen molar-refractivity contribution in [1.29, 1.82) is 0 Å². The summed E-state index contributed by atoms with van der Waals surface area (Å²) in [5, 5.41) is 2.38. The van der Waals surface area contributed by atoms with E-state index in [0.29, 0.717) is 5.54 Å². The van der Waals surface area contributed by atoms with Crippen LogP contribution in [0.4, 0.5) is 0 Å². The molecule has 0 aliphatic rings. The largest absolute Gasteiger partial charge is 0.339 e. The van der Waals surface area contributed by atoms with Gasteiger partial charge in [-0.05, 0) is 41.5 Å². The van der Waals surface area contributed by atoms with Crippen LogP contribution in [0.15, 0.2) is 18.7 Å². The molecule has 0 spiro atoms. The summed E-state index contributed by atoms with van der Waals surface area (Å²) in [6, 6.07) is 0. The van der Waals surface area contributed by atoms with Gasteiger partial charge in [-0.15, -0.1) is 0 Å². The van der Waals surface area contributed by atoms with Gasteiger partial charge in [-0.3, -0.25) is 0 Å². The van der Waals surface area contributed by atoms with Crippen molar-refractivity contribution in [2.75, 3.05) is 6.54 Å². The van der Waals surface area contributed by atoms with E-state index < -0.39 is 0 Å². The van der Waals surface area contributed by atoms with E-state index in [-0.39, 0.29) is 5.54 Å². The summed E-state index contributed by atoms with van der Waals surface area (Å²) in [6.45, 7) is 15.6. The molecule has 1 heterocycles. The molecule has 0 bridgehead atoms. The Hall–Kier alpha value is -0.830. The molecule has 3 heteroatoms. The van der Waals surface area contributed by atoms with Gasteiger partial charge in [0.25, 0.3) is 0 Å². The van der Waals surface area contributed by atoms with Crippen LogP contribution in [0.25, 0.3) is 0 Å². The lowest BCUT2D eigenvalue weighted by Crippen LogP contribution is -2.95. The molecule has 16 heavy (non-hydrogen) atoms. The number of hydrogen-bond acceptors (Lipinski definition) is 0. The van der Waals surface area contributed by atoms with Gasteiger partial charge in [0, 0.05) is 0 Å². The number of quaternary nitrogens is 1. The second kappa shape index (κ2) is 4.58. The molecule has 0 aliphatic heterocycles. The Balaban J connectivity index is 2.48. The topological polar surface area (TPSA) is 25.4 Å². The van der Waals surface area contributed by atoms with Gasteiger partial charge in [-0.25, -0.2) is 9.13 Å². The third-order valence-corrected chi connectivity index (χ3v) is 2.61. The average molecular weight is 225 g/mol. The Morgan fingerprint density at radius 2 is 1.75 bits per heavy atom. The van der Waals surface area contributed by atoms with Gasteiger partial charge in [-0.2, -0.15) is 0 Å². The Bertz CT molecular complexity index is 326. The first kappa shape index (κ1) is 13.2. The minimum Gasteiger partial charge on any atom is -0.339 e. The van der Waals surface area contributed by atoms with E-state index in [1.165, 1.54) is 0 Å². The molecule has 0 saturated heterocycles. The molecule has 1 rings (SSSR count). The highest BCUT2D eigenvalue weighted by molar-refractivity contribution is 4.78. The molecule has 0 radical (unpaired) electrons. The van der Waals surface area contributed by atoms with Crippen LogP contribution in [0.3, 0.4) is 0 Å². The van der Waals surface area contributed by atoms with Crippen molar-refractivity contribution < 1.29 is 9.88 Å². The lowest BCUT2D eigenvalue weighted by atomic mass is 10.1. The zero-order chi connectivity index (χ0) is 12.4. The highest BCUT2D eigenvalue weighted by Crippen LogP contribution is 2.10. The number of hydrogen-bond donors (Lipinski definition) is 1. The van der Waals surface area contributed by atoms with Gasteiger partial charge >= 0.3 is 0 Å². The van der Waals surface area contributed by atoms with E-state index >= 15 is 0 Å². The van der Waals surface area contributed by atoms with Crippen molar-refractivity contribution in [2.45, 2.75) is 59.2 Å². The minimum absolute atomic E-state index is 0.180. The highest BCUT2D eigenvalue weighted by Gasteiger charge is 2.19. The zero-order valence-electron chi connectivity index (χ0n) is 11.6. The fraction of sp³-hybridized carbons (Fsp3) is 0.769. The molecule has 0 fully saturated rings. The highest BCUT2D eigenvalue weighted by atomic mass is 15.2. The molecule has 2 N–H and O–H groups in total. The third-order valence-electron chi connectivity index (χ3n) is 2.61. The molecule has 0 saturated carbocycles. The first-order valence-corrected chi connectivity index (χ1v) is 6.10. The predicted octanol–water partition coefficient (Wildman–Crippen LogP) is 0.893. The van der Waals surface area contributed by atoms with Crippen molar-refractivity contribution in [1.82, 2.24) is 4.57 Å². The van der Waals surface area contributed by atoms with Crippen molar-refractivity contribution >= 4 is 0 Å². The second-order valence-corrected chi connectivity index (χ2v) is 6.59. The number of nitrogens with zero attached hydrogens (tertiary/aromatic N) is 2. The van der Waals surface area contributed by atoms with Crippen LogP contribution in [-0.2, 0) is 12.1 Å². The molecule has 0 amide bonds. The Labute approximate surface area is 99.5 Å². The molecule has 1 aromatic heterocycles. The van der Waals surface area contributed by atoms with Crippen LogP contribution in [0.2, 0.25) is 0 Å². The second-order valence-electron chi connectivity index (χ2n) is 6.59. The summed E-state index contributed by atoms with van der Waals surface area (Å²) in [5.74, 6) is 0. The molecule has 92 valence electrons. The van der Waals surface area contributed by atoms with Crippen molar-refractivity contribution in [3.63, 3.8) is 0 Å². The normalized spacial score (nSPS) is 13.1. The molecule has 1 aromatic rings. The third kappa shape index (κ3) is 4.35. The van der Waals surface area contributed by atoms with Crippen LogP contribution in [0.5, 0.6) is 0 Å². The number of nitrogens with two attached hydrogens (primary N) is 1. The Morgan fingerprint density at radius 3 is 2.19 bits per heavy atom. The Morgan fingerprint density at radius 1 is 1.12 bits per heavy atom. The van der Waals surface area contributed by atoms with Crippen LogP contribution in [0.1, 0.15) is 41.5 Å². The lowest BCUT2D eigenvalue weighted by Gasteiger charge is -2.16. The monoisotopic (exact) mass is 225 g/mol. The SMILES string of the molecule is CC(C)(C)[NH2+]CC[n+]1ccn(C(C)(C)C)c1. The molecule has 3 nitrogen and oxygen atoms in total. The van der Waals surface area contributed by atoms with Crippen LogP contribution >= 0.6 is 0 Å². The number of aromatic nitrogens is 2. The summed E-state index contributed by atoms with van der Waals surface area (Å²) in [5.41, 5.74) is 0.506. The van der Waals surface area contributed by atoms with Crippen LogP contribution in [0, 0.1) is 0 Å². The fourth-order valence-electron chi connectivity index (χ4n) is 1.57. The van der Waals surface area contributed by atoms with Crippen LogP contribution in [-0.4, -0.2) is 16.7 Å². The maximum absolute atomic E-state index is 2.38. The quantitative estimate of drug-likeness (QED) is 0.740. The molecule has 0 unspecified atom stereocenters. The van der Waals surface area contributed by atoms with E-state index in [1.807, 2.05) is 0 Å². The summed E-state index contributed by atoms with van der Waals surface area (Å²) in [7, 11) is 0. The Kier molecular flexibility index (Phi) is 3.79. The molecular formula is C13H27N3+2. The maximum atomic E-state index is 2.38. The first-order chi connectivity index (χ1) is 7.18. The lowest BCUT2D eigenvalue weighted by molar-refractivity contribution is -0.779. The van der Waals surface area contributed by atoms with Gasteiger partial charge in [0.1, 0.15) is 31.0 Å². The standard InChI is InChI=1S/C13H26N3/c1-12(2,3)14-7-8-15-9-10-16(11-15)13(4,5)6/h9-11,14H,7-8H2,1-6H3/q+1/p+1. The first-order valence-electron chi connectivity index (χ1n) is 6.10. The fourth-order valence-corrected chi connectivity index (χ4v) is 1.57. The van der Waals surface area contributed by atoms with E-state index in [2.05, 4.69) is 74.7 Å². The zero-order valence-corrected chi connectivity index (χ0v) is 11.6. The average Bonchev–Trinajstić information content (AvgIpc) is 2.49. The summed E-state index contributed by atoms with van der Waals surface area (Å²) in [6.07, 6.45) is 6.50. The van der Waals surface area contributed by atoms with Crippen molar-refractivity contribution in [3.05, 3.63) is 18.7 Å². The summed E-state index contributed by atoms with van der Waals surface area (Å²) >= 11 is 0. The smallest absolute Gasteiger partial charge is 0.244 e. The van der Waals surface area contributed by atoms with Gasteiger partial charge in [0.05, 0.1) is 5.54 Å². The predicted molar refractivity (Wildman–Crippen MR) is 66.2 cm³/mol. The van der Waals surface area contributed by atoms with Gasteiger partial charge in [-0.1, -0.05) is 0 Å². The van der Waals surface area contributed by atoms with Crippen molar-refractivity contribution in [2.24, 2.45) is 0 Å². The molecular weight excluding hydrogens is 198 g/mol. The van der Waals surface area contributed by atoms with Gasteiger partial charge in [0.15, 0.2) is 0 Å².